The van der Waals surface area contributed by atoms with Crippen LogP contribution in [0.1, 0.15) is 52.4 Å². The van der Waals surface area contributed by atoms with E-state index in [1.165, 1.54) is 12.0 Å². The molecule has 4 nitrogen and oxygen atoms in total. The predicted molar refractivity (Wildman–Crippen MR) is 63.8 cm³/mol. The summed E-state index contributed by atoms with van der Waals surface area (Å²) in [6.07, 6.45) is 5.58. The molecule has 1 N–H and O–H groups in total. The van der Waals surface area contributed by atoms with Gasteiger partial charge in [-0.05, 0) is 25.7 Å². The van der Waals surface area contributed by atoms with E-state index >= 15 is 0 Å². The zero-order valence-electron chi connectivity index (χ0n) is 10.7. The highest BCUT2D eigenvalue weighted by Gasteiger charge is 2.04. The van der Waals surface area contributed by atoms with Crippen LogP contribution in [0.15, 0.2) is 0 Å². The van der Waals surface area contributed by atoms with Gasteiger partial charge in [-0.3, -0.25) is 9.63 Å². The predicted octanol–water partition coefficient (Wildman–Crippen LogP) is 2.12. The monoisotopic (exact) mass is 231 g/mol. The van der Waals surface area contributed by atoms with Crippen molar-refractivity contribution in [2.75, 3.05) is 13.7 Å². The van der Waals surface area contributed by atoms with Gasteiger partial charge in [0.25, 0.3) is 0 Å². The molecule has 0 fully saturated rings. The lowest BCUT2D eigenvalue weighted by molar-refractivity contribution is -0.176. The standard InChI is InChI=1S/C12H25NO3/c1-4-5-8-12(15)9-6-7-10-16-13(3)11(2)14/h12,15H,4-10H2,1-3H3. The fourth-order valence-electron chi connectivity index (χ4n) is 1.36. The number of nitrogens with zero attached hydrogens (tertiary/aromatic N) is 1. The number of hydroxylamine groups is 2. The van der Waals surface area contributed by atoms with E-state index < -0.39 is 0 Å². The number of aliphatic hydroxyl groups is 1. The van der Waals surface area contributed by atoms with Crippen molar-refractivity contribution >= 4 is 5.91 Å². The second-order valence-electron chi connectivity index (χ2n) is 4.14. The number of hydrogen-bond acceptors (Lipinski definition) is 3. The number of hydrogen-bond donors (Lipinski definition) is 1. The average Bonchev–Trinajstić information content (AvgIpc) is 2.25. The maximum atomic E-state index is 10.8. The van der Waals surface area contributed by atoms with Gasteiger partial charge in [-0.25, -0.2) is 5.06 Å². The van der Waals surface area contributed by atoms with Crippen LogP contribution in [0.25, 0.3) is 0 Å². The molecule has 4 heteroatoms. The molecule has 0 heterocycles. The molecule has 0 bridgehead atoms. The van der Waals surface area contributed by atoms with E-state index in [4.69, 9.17) is 4.84 Å². The third kappa shape index (κ3) is 8.68. The van der Waals surface area contributed by atoms with E-state index in [-0.39, 0.29) is 12.0 Å². The summed E-state index contributed by atoms with van der Waals surface area (Å²) in [6, 6.07) is 0. The molecule has 0 aliphatic carbocycles. The van der Waals surface area contributed by atoms with Crippen molar-refractivity contribution in [1.29, 1.82) is 0 Å². The molecule has 1 unspecified atom stereocenters. The number of rotatable bonds is 9. The maximum absolute atomic E-state index is 10.8. The van der Waals surface area contributed by atoms with E-state index in [1.54, 1.807) is 7.05 Å². The van der Waals surface area contributed by atoms with Crippen molar-refractivity contribution in [2.45, 2.75) is 58.5 Å². The third-order valence-electron chi connectivity index (χ3n) is 2.55. The molecule has 0 rings (SSSR count). The minimum atomic E-state index is -0.175. The van der Waals surface area contributed by atoms with Gasteiger partial charge < -0.3 is 5.11 Å². The van der Waals surface area contributed by atoms with Crippen LogP contribution in [0.4, 0.5) is 0 Å². The first kappa shape index (κ1) is 15.4. The van der Waals surface area contributed by atoms with Crippen LogP contribution in [0, 0.1) is 0 Å². The average molecular weight is 231 g/mol. The van der Waals surface area contributed by atoms with Crippen LogP contribution in [0.3, 0.4) is 0 Å². The Labute approximate surface area is 98.5 Å². The fraction of sp³-hybridized carbons (Fsp3) is 0.917. The van der Waals surface area contributed by atoms with Crippen molar-refractivity contribution < 1.29 is 14.7 Å². The Morgan fingerprint density at radius 3 is 2.50 bits per heavy atom. The van der Waals surface area contributed by atoms with Gasteiger partial charge in [0.1, 0.15) is 0 Å². The van der Waals surface area contributed by atoms with E-state index in [1.807, 2.05) is 0 Å². The van der Waals surface area contributed by atoms with Crippen molar-refractivity contribution in [2.24, 2.45) is 0 Å². The van der Waals surface area contributed by atoms with E-state index in [2.05, 4.69) is 6.92 Å². The molecule has 0 aromatic rings. The Balaban J connectivity index is 3.29. The SMILES string of the molecule is CCCCC(O)CCCCON(C)C(C)=O. The fourth-order valence-corrected chi connectivity index (χ4v) is 1.36. The lowest BCUT2D eigenvalue weighted by Gasteiger charge is -2.14. The number of carbonyl (C=O) groups is 1. The van der Waals surface area contributed by atoms with E-state index in [9.17, 15) is 9.90 Å². The van der Waals surface area contributed by atoms with Gasteiger partial charge in [0, 0.05) is 14.0 Å². The normalized spacial score (nSPS) is 12.5. The summed E-state index contributed by atoms with van der Waals surface area (Å²) < 4.78 is 0. The lowest BCUT2D eigenvalue weighted by atomic mass is 10.1. The molecular weight excluding hydrogens is 206 g/mol. The first-order valence-electron chi connectivity index (χ1n) is 6.13. The quantitative estimate of drug-likeness (QED) is 0.488. The molecule has 0 radical (unpaired) electrons. The first-order valence-corrected chi connectivity index (χ1v) is 6.13. The third-order valence-corrected chi connectivity index (χ3v) is 2.55. The van der Waals surface area contributed by atoms with Gasteiger partial charge in [-0.1, -0.05) is 19.8 Å². The highest BCUT2D eigenvalue weighted by Crippen LogP contribution is 2.08. The Bertz CT molecular complexity index is 185. The molecule has 0 spiro atoms. The second-order valence-corrected chi connectivity index (χ2v) is 4.14. The largest absolute Gasteiger partial charge is 0.393 e. The van der Waals surface area contributed by atoms with Gasteiger partial charge in [0.2, 0.25) is 5.91 Å². The number of carbonyl (C=O) groups excluding carboxylic acids is 1. The van der Waals surface area contributed by atoms with Crippen molar-refractivity contribution in [3.8, 4) is 0 Å². The van der Waals surface area contributed by atoms with Gasteiger partial charge in [0.05, 0.1) is 12.7 Å². The Hall–Kier alpha value is -0.610. The van der Waals surface area contributed by atoms with Crippen LogP contribution >= 0.6 is 0 Å². The van der Waals surface area contributed by atoms with Gasteiger partial charge in [-0.15, -0.1) is 0 Å². The Morgan fingerprint density at radius 2 is 1.94 bits per heavy atom. The Morgan fingerprint density at radius 1 is 1.31 bits per heavy atom. The maximum Gasteiger partial charge on any atom is 0.242 e. The molecule has 96 valence electrons. The Kier molecular flexibility index (Phi) is 9.24. The van der Waals surface area contributed by atoms with Crippen molar-refractivity contribution in [3.63, 3.8) is 0 Å². The molecular formula is C12H25NO3. The first-order chi connectivity index (χ1) is 7.57. The minimum absolute atomic E-state index is 0.0945. The summed E-state index contributed by atoms with van der Waals surface area (Å²) >= 11 is 0. The summed E-state index contributed by atoms with van der Waals surface area (Å²) in [5.41, 5.74) is 0. The zero-order chi connectivity index (χ0) is 12.4. The molecule has 0 aromatic carbocycles. The van der Waals surface area contributed by atoms with Gasteiger partial charge >= 0.3 is 0 Å². The molecule has 0 saturated heterocycles. The summed E-state index contributed by atoms with van der Waals surface area (Å²) in [4.78, 5) is 16.0. The minimum Gasteiger partial charge on any atom is -0.393 e. The molecule has 16 heavy (non-hydrogen) atoms. The molecule has 1 atom stereocenters. The number of amides is 1. The van der Waals surface area contributed by atoms with Crippen LogP contribution < -0.4 is 0 Å². The van der Waals surface area contributed by atoms with Crippen LogP contribution in [0.5, 0.6) is 0 Å². The van der Waals surface area contributed by atoms with E-state index in [0.29, 0.717) is 6.61 Å². The summed E-state index contributed by atoms with van der Waals surface area (Å²) in [5.74, 6) is -0.0945. The summed E-state index contributed by atoms with van der Waals surface area (Å²) in [5, 5.41) is 10.8. The smallest absolute Gasteiger partial charge is 0.242 e. The molecule has 1 amide bonds. The summed E-state index contributed by atoms with van der Waals surface area (Å²) in [6.45, 7) is 4.13. The van der Waals surface area contributed by atoms with Crippen molar-refractivity contribution in [1.82, 2.24) is 5.06 Å². The zero-order valence-corrected chi connectivity index (χ0v) is 10.7. The van der Waals surface area contributed by atoms with Crippen molar-refractivity contribution in [3.05, 3.63) is 0 Å². The summed E-state index contributed by atoms with van der Waals surface area (Å²) in [7, 11) is 1.61. The van der Waals surface area contributed by atoms with Crippen LogP contribution in [-0.2, 0) is 9.63 Å². The number of unbranched alkanes of at least 4 members (excludes halogenated alkanes) is 2. The number of aliphatic hydroxyl groups excluding tert-OH is 1. The van der Waals surface area contributed by atoms with Crippen LogP contribution in [-0.4, -0.2) is 35.8 Å². The topological polar surface area (TPSA) is 49.8 Å². The van der Waals surface area contributed by atoms with Gasteiger partial charge in [-0.2, -0.15) is 0 Å². The highest BCUT2D eigenvalue weighted by molar-refractivity contribution is 5.71. The van der Waals surface area contributed by atoms with Gasteiger partial charge in [0.15, 0.2) is 0 Å². The highest BCUT2D eigenvalue weighted by atomic mass is 16.7. The van der Waals surface area contributed by atoms with E-state index in [0.717, 1.165) is 38.5 Å². The second kappa shape index (κ2) is 9.60. The molecule has 0 aliphatic heterocycles. The lowest BCUT2D eigenvalue weighted by Crippen LogP contribution is -2.24. The molecule has 0 aromatic heterocycles. The van der Waals surface area contributed by atoms with Crippen LogP contribution in [0.2, 0.25) is 0 Å². The molecule has 0 saturated carbocycles. The molecule has 0 aliphatic rings.